The van der Waals surface area contributed by atoms with Crippen LogP contribution in [0.3, 0.4) is 0 Å². The van der Waals surface area contributed by atoms with Crippen LogP contribution >= 0.6 is 11.6 Å². The lowest BCUT2D eigenvalue weighted by Gasteiger charge is -2.32. The van der Waals surface area contributed by atoms with Crippen LogP contribution in [0.25, 0.3) is 0 Å². The Morgan fingerprint density at radius 3 is 2.18 bits per heavy atom. The van der Waals surface area contributed by atoms with Crippen molar-refractivity contribution >= 4 is 39.1 Å². The SMILES string of the molecule is CCCNC(=O)[C@@H](C)N(Cc1ccc(Cl)cc1)C(=O)CN(c1ccccc1CC)S(=O)(=O)c1ccccc1. The lowest BCUT2D eigenvalue weighted by Crippen LogP contribution is -2.51. The fourth-order valence-corrected chi connectivity index (χ4v) is 5.65. The third-order valence-corrected chi connectivity index (χ3v) is 8.26. The van der Waals surface area contributed by atoms with E-state index >= 15 is 0 Å². The fourth-order valence-electron chi connectivity index (χ4n) is 4.05. The molecule has 0 aromatic heterocycles. The first-order valence-corrected chi connectivity index (χ1v) is 14.5. The molecule has 0 aliphatic rings. The Bertz CT molecular complexity index is 1330. The second-order valence-corrected chi connectivity index (χ2v) is 11.2. The topological polar surface area (TPSA) is 86.8 Å². The molecule has 0 heterocycles. The minimum absolute atomic E-state index is 0.0803. The van der Waals surface area contributed by atoms with Gasteiger partial charge in [-0.2, -0.15) is 0 Å². The molecule has 1 atom stereocenters. The molecule has 0 aliphatic heterocycles. The number of anilines is 1. The Labute approximate surface area is 230 Å². The zero-order valence-electron chi connectivity index (χ0n) is 21.9. The van der Waals surface area contributed by atoms with E-state index in [4.69, 9.17) is 11.6 Å². The van der Waals surface area contributed by atoms with Gasteiger partial charge in [0.25, 0.3) is 10.0 Å². The number of rotatable bonds is 12. The van der Waals surface area contributed by atoms with Crippen LogP contribution in [0.5, 0.6) is 0 Å². The molecule has 0 aliphatic carbocycles. The second kappa shape index (κ2) is 13.4. The van der Waals surface area contributed by atoms with Gasteiger partial charge in [0.2, 0.25) is 11.8 Å². The number of sulfonamides is 1. The molecule has 0 bridgehead atoms. The van der Waals surface area contributed by atoms with E-state index in [0.717, 1.165) is 21.9 Å². The van der Waals surface area contributed by atoms with Gasteiger partial charge in [-0.1, -0.05) is 74.0 Å². The van der Waals surface area contributed by atoms with Gasteiger partial charge in [0.1, 0.15) is 12.6 Å². The van der Waals surface area contributed by atoms with Crippen LogP contribution in [-0.4, -0.2) is 44.3 Å². The van der Waals surface area contributed by atoms with Crippen molar-refractivity contribution in [3.05, 3.63) is 95.0 Å². The second-order valence-electron chi connectivity index (χ2n) is 8.92. The molecule has 3 aromatic rings. The van der Waals surface area contributed by atoms with Crippen LogP contribution < -0.4 is 9.62 Å². The number of halogens is 1. The van der Waals surface area contributed by atoms with Crippen molar-refractivity contribution in [1.29, 1.82) is 0 Å². The molecule has 1 N–H and O–H groups in total. The zero-order chi connectivity index (χ0) is 27.7. The zero-order valence-corrected chi connectivity index (χ0v) is 23.5. The fraction of sp³-hybridized carbons (Fsp3) is 0.310. The first-order chi connectivity index (χ1) is 18.2. The predicted octanol–water partition coefficient (Wildman–Crippen LogP) is 5.04. The molecule has 38 heavy (non-hydrogen) atoms. The van der Waals surface area contributed by atoms with Gasteiger partial charge < -0.3 is 10.2 Å². The van der Waals surface area contributed by atoms with Gasteiger partial charge in [-0.05, 0) is 61.2 Å². The van der Waals surface area contributed by atoms with Crippen LogP contribution in [0.2, 0.25) is 5.02 Å². The molecular formula is C29H34ClN3O4S. The van der Waals surface area contributed by atoms with Gasteiger partial charge in [-0.25, -0.2) is 8.42 Å². The monoisotopic (exact) mass is 555 g/mol. The third-order valence-electron chi connectivity index (χ3n) is 6.23. The van der Waals surface area contributed by atoms with Gasteiger partial charge in [-0.3, -0.25) is 13.9 Å². The van der Waals surface area contributed by atoms with E-state index in [1.807, 2.05) is 26.0 Å². The Morgan fingerprint density at radius 1 is 0.921 bits per heavy atom. The molecule has 3 rings (SSSR count). The van der Waals surface area contributed by atoms with Crippen molar-refractivity contribution in [2.75, 3.05) is 17.4 Å². The van der Waals surface area contributed by atoms with Crippen molar-refractivity contribution in [1.82, 2.24) is 10.2 Å². The summed E-state index contributed by atoms with van der Waals surface area (Å²) in [5.41, 5.74) is 1.99. The number of hydrogen-bond acceptors (Lipinski definition) is 4. The van der Waals surface area contributed by atoms with E-state index in [-0.39, 0.29) is 17.3 Å². The van der Waals surface area contributed by atoms with Gasteiger partial charge in [0.15, 0.2) is 0 Å². The third kappa shape index (κ3) is 7.14. The minimum Gasteiger partial charge on any atom is -0.354 e. The number of carbonyl (C=O) groups is 2. The first-order valence-electron chi connectivity index (χ1n) is 12.7. The predicted molar refractivity (Wildman–Crippen MR) is 152 cm³/mol. The van der Waals surface area contributed by atoms with Gasteiger partial charge in [-0.15, -0.1) is 0 Å². The van der Waals surface area contributed by atoms with Crippen molar-refractivity contribution in [3.8, 4) is 0 Å². The van der Waals surface area contributed by atoms with Crippen molar-refractivity contribution < 1.29 is 18.0 Å². The summed E-state index contributed by atoms with van der Waals surface area (Å²) in [4.78, 5) is 28.3. The highest BCUT2D eigenvalue weighted by atomic mass is 35.5. The highest BCUT2D eigenvalue weighted by molar-refractivity contribution is 7.92. The number of carbonyl (C=O) groups excluding carboxylic acids is 2. The summed E-state index contributed by atoms with van der Waals surface area (Å²) in [6.07, 6.45) is 1.33. The van der Waals surface area contributed by atoms with Crippen LogP contribution in [0, 0.1) is 0 Å². The summed E-state index contributed by atoms with van der Waals surface area (Å²) in [5.74, 6) is -0.801. The smallest absolute Gasteiger partial charge is 0.264 e. The molecule has 202 valence electrons. The first kappa shape index (κ1) is 29.2. The molecule has 0 fully saturated rings. The molecule has 0 spiro atoms. The average Bonchev–Trinajstić information content (AvgIpc) is 2.94. The van der Waals surface area contributed by atoms with Gasteiger partial charge in [0.05, 0.1) is 10.6 Å². The quantitative estimate of drug-likeness (QED) is 0.339. The summed E-state index contributed by atoms with van der Waals surface area (Å²) in [5, 5.41) is 3.39. The Morgan fingerprint density at radius 2 is 1.55 bits per heavy atom. The van der Waals surface area contributed by atoms with E-state index in [2.05, 4.69) is 5.32 Å². The number of para-hydroxylation sites is 1. The standard InChI is InChI=1S/C29H34ClN3O4S/c1-4-19-31-29(35)22(3)32(20-23-15-17-25(30)18-16-23)28(34)21-33(27-14-10-9-11-24(27)5-2)38(36,37)26-12-7-6-8-13-26/h6-18,22H,4-5,19-21H2,1-3H3,(H,31,35)/t22-/m1/s1. The van der Waals surface area contributed by atoms with Crippen molar-refractivity contribution in [2.45, 2.75) is 51.1 Å². The molecule has 0 unspecified atom stereocenters. The average molecular weight is 556 g/mol. The normalized spacial score (nSPS) is 12.0. The molecule has 9 heteroatoms. The van der Waals surface area contributed by atoms with Crippen molar-refractivity contribution in [3.63, 3.8) is 0 Å². The maximum Gasteiger partial charge on any atom is 0.264 e. The summed E-state index contributed by atoms with van der Waals surface area (Å²) in [6.45, 7) is 5.65. The van der Waals surface area contributed by atoms with E-state index in [1.54, 1.807) is 61.5 Å². The number of aryl methyl sites for hydroxylation is 1. The molecule has 3 aromatic carbocycles. The van der Waals surface area contributed by atoms with Crippen LogP contribution in [0.15, 0.2) is 83.8 Å². The Hall–Kier alpha value is -3.36. The lowest BCUT2D eigenvalue weighted by molar-refractivity contribution is -0.139. The van der Waals surface area contributed by atoms with Crippen LogP contribution in [-0.2, 0) is 32.6 Å². The number of nitrogens with one attached hydrogen (secondary N) is 1. The molecule has 2 amide bonds. The number of hydrogen-bond donors (Lipinski definition) is 1. The molecule has 0 saturated heterocycles. The van der Waals surface area contributed by atoms with Crippen LogP contribution in [0.4, 0.5) is 5.69 Å². The summed E-state index contributed by atoms with van der Waals surface area (Å²) < 4.78 is 28.9. The van der Waals surface area contributed by atoms with E-state index in [0.29, 0.717) is 23.7 Å². The molecular weight excluding hydrogens is 522 g/mol. The number of amides is 2. The lowest BCUT2D eigenvalue weighted by atomic mass is 10.1. The number of nitrogens with zero attached hydrogens (tertiary/aromatic N) is 2. The summed E-state index contributed by atoms with van der Waals surface area (Å²) in [7, 11) is -4.09. The summed E-state index contributed by atoms with van der Waals surface area (Å²) >= 11 is 6.04. The minimum atomic E-state index is -4.09. The van der Waals surface area contributed by atoms with Crippen molar-refractivity contribution in [2.24, 2.45) is 0 Å². The highest BCUT2D eigenvalue weighted by Gasteiger charge is 2.33. The highest BCUT2D eigenvalue weighted by Crippen LogP contribution is 2.28. The molecule has 0 saturated carbocycles. The maximum atomic E-state index is 13.9. The molecule has 0 radical (unpaired) electrons. The Kier molecular flexibility index (Phi) is 10.3. The van der Waals surface area contributed by atoms with E-state index in [1.165, 1.54) is 17.0 Å². The van der Waals surface area contributed by atoms with E-state index in [9.17, 15) is 18.0 Å². The number of benzene rings is 3. The molecule has 7 nitrogen and oxygen atoms in total. The van der Waals surface area contributed by atoms with Crippen LogP contribution in [0.1, 0.15) is 38.3 Å². The van der Waals surface area contributed by atoms with Gasteiger partial charge >= 0.3 is 0 Å². The van der Waals surface area contributed by atoms with E-state index < -0.39 is 28.5 Å². The largest absolute Gasteiger partial charge is 0.354 e. The Balaban J connectivity index is 2.04. The maximum absolute atomic E-state index is 13.9. The van der Waals surface area contributed by atoms with Gasteiger partial charge in [0, 0.05) is 18.1 Å². The summed E-state index contributed by atoms with van der Waals surface area (Å²) in [6, 6.07) is 21.3.